The number of carbonyl (C=O) groups is 2. The lowest BCUT2D eigenvalue weighted by molar-refractivity contribution is -0.115. The lowest BCUT2D eigenvalue weighted by Gasteiger charge is -2.26. The van der Waals surface area contributed by atoms with Crippen molar-refractivity contribution < 1.29 is 19.1 Å². The Labute approximate surface area is 155 Å². The first-order valence-corrected chi connectivity index (χ1v) is 9.26. The van der Waals surface area contributed by atoms with Crippen molar-refractivity contribution in [3.8, 4) is 11.5 Å². The third kappa shape index (κ3) is 3.35. The molecule has 6 nitrogen and oxygen atoms in total. The SMILES string of the molecule is C[C@@H]1Sc2ccc(C(=O)NC[C@@H]3COc4ccccc4O3)cc2NC1=O. The molecular formula is C19H18N2O4S. The molecule has 0 spiro atoms. The molecule has 26 heavy (non-hydrogen) atoms. The number of para-hydroxylation sites is 2. The Morgan fingerprint density at radius 3 is 2.92 bits per heavy atom. The van der Waals surface area contributed by atoms with Crippen LogP contribution in [0, 0.1) is 0 Å². The smallest absolute Gasteiger partial charge is 0.251 e. The van der Waals surface area contributed by atoms with Crippen LogP contribution in [0.4, 0.5) is 5.69 Å². The van der Waals surface area contributed by atoms with E-state index < -0.39 is 0 Å². The zero-order chi connectivity index (χ0) is 18.1. The highest BCUT2D eigenvalue weighted by Crippen LogP contribution is 2.36. The average molecular weight is 370 g/mol. The van der Waals surface area contributed by atoms with Gasteiger partial charge in [0.2, 0.25) is 5.91 Å². The number of thioether (sulfide) groups is 1. The van der Waals surface area contributed by atoms with Crippen LogP contribution in [-0.4, -0.2) is 36.3 Å². The molecule has 2 aliphatic rings. The fraction of sp³-hybridized carbons (Fsp3) is 0.263. The molecular weight excluding hydrogens is 352 g/mol. The van der Waals surface area contributed by atoms with Crippen LogP contribution in [0.1, 0.15) is 17.3 Å². The highest BCUT2D eigenvalue weighted by Gasteiger charge is 2.24. The van der Waals surface area contributed by atoms with E-state index in [1.165, 1.54) is 11.8 Å². The van der Waals surface area contributed by atoms with Gasteiger partial charge in [-0.1, -0.05) is 12.1 Å². The summed E-state index contributed by atoms with van der Waals surface area (Å²) in [6.45, 7) is 2.57. The number of fused-ring (bicyclic) bond motifs is 2. The van der Waals surface area contributed by atoms with E-state index >= 15 is 0 Å². The number of carbonyl (C=O) groups excluding carboxylic acids is 2. The van der Waals surface area contributed by atoms with Gasteiger partial charge in [-0.15, -0.1) is 11.8 Å². The molecule has 2 heterocycles. The number of anilines is 1. The molecule has 2 N–H and O–H groups in total. The molecule has 0 unspecified atom stereocenters. The quantitative estimate of drug-likeness (QED) is 0.869. The van der Waals surface area contributed by atoms with E-state index in [1.54, 1.807) is 12.1 Å². The Hall–Kier alpha value is -2.67. The Kier molecular flexibility index (Phi) is 4.46. The molecule has 2 aromatic carbocycles. The molecule has 0 radical (unpaired) electrons. The first-order chi connectivity index (χ1) is 12.6. The van der Waals surface area contributed by atoms with Crippen LogP contribution < -0.4 is 20.1 Å². The van der Waals surface area contributed by atoms with Gasteiger partial charge in [-0.05, 0) is 37.3 Å². The summed E-state index contributed by atoms with van der Waals surface area (Å²) < 4.78 is 11.5. The molecule has 0 saturated carbocycles. The van der Waals surface area contributed by atoms with Crippen LogP contribution in [0.15, 0.2) is 47.4 Å². The minimum absolute atomic E-state index is 0.0496. The van der Waals surface area contributed by atoms with Crippen LogP contribution in [0.5, 0.6) is 11.5 Å². The molecule has 0 aromatic heterocycles. The second-order valence-electron chi connectivity index (χ2n) is 6.17. The summed E-state index contributed by atoms with van der Waals surface area (Å²) in [5.74, 6) is 1.13. The second kappa shape index (κ2) is 6.92. The van der Waals surface area contributed by atoms with Crippen molar-refractivity contribution in [1.82, 2.24) is 5.32 Å². The Bertz CT molecular complexity index is 870. The molecule has 4 rings (SSSR count). The minimum atomic E-state index is -0.248. The van der Waals surface area contributed by atoms with Crippen LogP contribution >= 0.6 is 11.8 Å². The number of hydrogen-bond acceptors (Lipinski definition) is 5. The van der Waals surface area contributed by atoms with Gasteiger partial charge < -0.3 is 20.1 Å². The summed E-state index contributed by atoms with van der Waals surface area (Å²) in [5.41, 5.74) is 1.17. The van der Waals surface area contributed by atoms with Crippen LogP contribution in [0.2, 0.25) is 0 Å². The second-order valence-corrected chi connectivity index (χ2v) is 7.55. The molecule has 7 heteroatoms. The van der Waals surface area contributed by atoms with Crippen LogP contribution in [0.25, 0.3) is 0 Å². The molecule has 2 atom stereocenters. The molecule has 0 saturated heterocycles. The number of ether oxygens (including phenoxy) is 2. The van der Waals surface area contributed by atoms with Crippen molar-refractivity contribution in [3.63, 3.8) is 0 Å². The number of nitrogens with one attached hydrogen (secondary N) is 2. The summed E-state index contributed by atoms with van der Waals surface area (Å²) in [4.78, 5) is 25.2. The summed E-state index contributed by atoms with van der Waals surface area (Å²) in [6.07, 6.45) is -0.248. The predicted octanol–water partition coefficient (Wildman–Crippen LogP) is 2.69. The van der Waals surface area contributed by atoms with Crippen LogP contribution in [0.3, 0.4) is 0 Å². The van der Waals surface area contributed by atoms with Gasteiger partial charge in [0, 0.05) is 10.5 Å². The maximum atomic E-state index is 12.4. The molecule has 134 valence electrons. The van der Waals surface area contributed by atoms with Crippen molar-refractivity contribution in [2.45, 2.75) is 23.2 Å². The van der Waals surface area contributed by atoms with Gasteiger partial charge in [0.1, 0.15) is 12.7 Å². The Balaban J connectivity index is 1.39. The van der Waals surface area contributed by atoms with E-state index in [-0.39, 0.29) is 23.2 Å². The van der Waals surface area contributed by atoms with Gasteiger partial charge in [0.15, 0.2) is 11.5 Å². The maximum Gasteiger partial charge on any atom is 0.251 e. The van der Waals surface area contributed by atoms with E-state index in [4.69, 9.17) is 9.47 Å². The number of rotatable bonds is 3. The molecule has 2 aromatic rings. The number of amides is 2. The minimum Gasteiger partial charge on any atom is -0.486 e. The van der Waals surface area contributed by atoms with E-state index in [0.717, 1.165) is 4.90 Å². The lowest BCUT2D eigenvalue weighted by Crippen LogP contribution is -2.40. The third-order valence-electron chi connectivity index (χ3n) is 4.23. The summed E-state index contributed by atoms with van der Waals surface area (Å²) in [6, 6.07) is 12.8. The Morgan fingerprint density at radius 1 is 1.27 bits per heavy atom. The first-order valence-electron chi connectivity index (χ1n) is 8.38. The van der Waals surface area contributed by atoms with Crippen LogP contribution in [-0.2, 0) is 4.79 Å². The maximum absolute atomic E-state index is 12.4. The van der Waals surface area contributed by atoms with E-state index in [1.807, 2.05) is 37.3 Å². The molecule has 0 bridgehead atoms. The van der Waals surface area contributed by atoms with Crippen molar-refractivity contribution in [3.05, 3.63) is 48.0 Å². The third-order valence-corrected chi connectivity index (χ3v) is 5.41. The highest BCUT2D eigenvalue weighted by molar-refractivity contribution is 8.00. The van der Waals surface area contributed by atoms with E-state index in [9.17, 15) is 9.59 Å². The zero-order valence-corrected chi connectivity index (χ0v) is 15.0. The molecule has 0 fully saturated rings. The largest absolute Gasteiger partial charge is 0.486 e. The van der Waals surface area contributed by atoms with Gasteiger partial charge in [-0.3, -0.25) is 9.59 Å². The number of hydrogen-bond donors (Lipinski definition) is 2. The normalized spacial score (nSPS) is 20.7. The van der Waals surface area contributed by atoms with E-state index in [0.29, 0.717) is 35.9 Å². The zero-order valence-electron chi connectivity index (χ0n) is 14.2. The van der Waals surface area contributed by atoms with Crippen molar-refractivity contribution in [2.24, 2.45) is 0 Å². The fourth-order valence-corrected chi connectivity index (χ4v) is 3.75. The van der Waals surface area contributed by atoms with Gasteiger partial charge in [0.25, 0.3) is 5.91 Å². The fourth-order valence-electron chi connectivity index (χ4n) is 2.82. The lowest BCUT2D eigenvalue weighted by atomic mass is 10.1. The molecule has 0 aliphatic carbocycles. The summed E-state index contributed by atoms with van der Waals surface area (Å²) >= 11 is 1.49. The predicted molar refractivity (Wildman–Crippen MR) is 99.1 cm³/mol. The summed E-state index contributed by atoms with van der Waals surface area (Å²) in [5, 5.41) is 5.57. The van der Waals surface area contributed by atoms with Gasteiger partial charge >= 0.3 is 0 Å². The molecule has 2 amide bonds. The highest BCUT2D eigenvalue weighted by atomic mass is 32.2. The standard InChI is InChI=1S/C19H18N2O4S/c1-11-18(22)21-14-8-12(6-7-17(14)26-11)19(23)20-9-13-10-24-15-4-2-3-5-16(15)25-13/h2-8,11,13H,9-10H2,1H3,(H,20,23)(H,21,22)/t11-,13+/m0/s1. The van der Waals surface area contributed by atoms with E-state index in [2.05, 4.69) is 10.6 Å². The van der Waals surface area contributed by atoms with Gasteiger partial charge in [0.05, 0.1) is 17.5 Å². The topological polar surface area (TPSA) is 76.7 Å². The summed E-state index contributed by atoms with van der Waals surface area (Å²) in [7, 11) is 0. The van der Waals surface area contributed by atoms with Crippen molar-refractivity contribution >= 4 is 29.3 Å². The van der Waals surface area contributed by atoms with Gasteiger partial charge in [-0.2, -0.15) is 0 Å². The monoisotopic (exact) mass is 370 g/mol. The van der Waals surface area contributed by atoms with Crippen molar-refractivity contribution in [2.75, 3.05) is 18.5 Å². The van der Waals surface area contributed by atoms with Crippen molar-refractivity contribution in [1.29, 1.82) is 0 Å². The first kappa shape index (κ1) is 16.8. The number of benzene rings is 2. The average Bonchev–Trinajstić information content (AvgIpc) is 2.66. The van der Waals surface area contributed by atoms with Gasteiger partial charge in [-0.25, -0.2) is 0 Å². The Morgan fingerprint density at radius 2 is 2.08 bits per heavy atom. The molecule has 2 aliphatic heterocycles.